The van der Waals surface area contributed by atoms with Gasteiger partial charge in [0.25, 0.3) is 11.8 Å². The molecule has 1 heterocycles. The smallest absolute Gasteiger partial charge is 0.255 e. The minimum Gasteiger partial charge on any atom is -0.345 e. The third-order valence-corrected chi connectivity index (χ3v) is 8.49. The van der Waals surface area contributed by atoms with Gasteiger partial charge in [-0.15, -0.1) is 0 Å². The van der Waals surface area contributed by atoms with Gasteiger partial charge in [0.05, 0.1) is 17.8 Å². The molecule has 0 spiro atoms. The third-order valence-electron chi connectivity index (χ3n) is 8.49. The average Bonchev–Trinajstić information content (AvgIpc) is 3.58. The maximum Gasteiger partial charge on any atom is 0.255 e. The zero-order valence-corrected chi connectivity index (χ0v) is 26.9. The molecule has 0 unspecified atom stereocenters. The fourth-order valence-electron chi connectivity index (χ4n) is 6.09. The summed E-state index contributed by atoms with van der Waals surface area (Å²) in [4.78, 5) is 31.6. The van der Waals surface area contributed by atoms with Crippen molar-refractivity contribution in [3.8, 4) is 0 Å². The number of nitrogens with zero attached hydrogens (tertiary/aromatic N) is 2. The van der Waals surface area contributed by atoms with Gasteiger partial charge in [-0.2, -0.15) is 0 Å². The minimum absolute atomic E-state index is 0.0165. The van der Waals surface area contributed by atoms with Crippen molar-refractivity contribution in [3.63, 3.8) is 0 Å². The molecule has 0 fully saturated rings. The van der Waals surface area contributed by atoms with Crippen molar-refractivity contribution in [3.05, 3.63) is 191 Å². The molecule has 1 aromatic heterocycles. The first-order valence-corrected chi connectivity index (χ1v) is 15.8. The van der Waals surface area contributed by atoms with Crippen molar-refractivity contribution in [2.45, 2.75) is 38.3 Å². The Bertz CT molecular complexity index is 1860. The molecule has 0 saturated heterocycles. The zero-order chi connectivity index (χ0) is 32.9. The normalized spacial score (nSPS) is 11.6. The van der Waals surface area contributed by atoms with Gasteiger partial charge in [0.1, 0.15) is 11.4 Å². The highest BCUT2D eigenvalue weighted by atomic mass is 16.2. The number of para-hydroxylation sites is 1. The largest absolute Gasteiger partial charge is 0.345 e. The number of aromatic nitrogens is 2. The molecule has 0 radical (unpaired) electrons. The summed E-state index contributed by atoms with van der Waals surface area (Å²) in [6, 6.07) is 45.6. The molecule has 6 nitrogen and oxygen atoms in total. The number of carbonyl (C=O) groups excluding carboxylic acids is 2. The standard InChI is InChI=1S/C41H38N4O2/c1-40(2,3)31-25-23-30(24-26-31)38(46)44-36-22-14-13-21-35(36)39(47)43-29-37-42-27-28-45(37)41(32-15-7-4-8-16-32,33-17-9-5-10-18-33)34-19-11-6-12-20-34/h4-28H,29H2,1-3H3,(H,43,47)(H,44,46). The van der Waals surface area contributed by atoms with Gasteiger partial charge >= 0.3 is 0 Å². The summed E-state index contributed by atoms with van der Waals surface area (Å²) in [7, 11) is 0. The van der Waals surface area contributed by atoms with E-state index >= 15 is 0 Å². The Labute approximate surface area is 276 Å². The first-order valence-electron chi connectivity index (χ1n) is 15.8. The molecule has 234 valence electrons. The van der Waals surface area contributed by atoms with Crippen LogP contribution in [0.25, 0.3) is 0 Å². The number of anilines is 1. The number of rotatable bonds is 9. The highest BCUT2D eigenvalue weighted by Crippen LogP contribution is 2.41. The van der Waals surface area contributed by atoms with Crippen molar-refractivity contribution >= 4 is 17.5 Å². The van der Waals surface area contributed by atoms with Gasteiger partial charge in [-0.3, -0.25) is 9.59 Å². The summed E-state index contributed by atoms with van der Waals surface area (Å²) in [5.74, 6) is 0.0817. The van der Waals surface area contributed by atoms with E-state index < -0.39 is 5.54 Å². The lowest BCUT2D eigenvalue weighted by Gasteiger charge is -2.38. The van der Waals surface area contributed by atoms with E-state index in [0.29, 0.717) is 22.6 Å². The van der Waals surface area contributed by atoms with Crippen LogP contribution >= 0.6 is 0 Å². The molecule has 0 aliphatic heterocycles. The van der Waals surface area contributed by atoms with E-state index in [1.165, 1.54) is 0 Å². The van der Waals surface area contributed by atoms with Crippen molar-refractivity contribution in [2.24, 2.45) is 0 Å². The summed E-state index contributed by atoms with van der Waals surface area (Å²) in [6.07, 6.45) is 3.73. The molecular weight excluding hydrogens is 580 g/mol. The van der Waals surface area contributed by atoms with E-state index in [2.05, 4.69) is 72.4 Å². The topological polar surface area (TPSA) is 76.0 Å². The van der Waals surface area contributed by atoms with Gasteiger partial charge in [-0.05, 0) is 51.9 Å². The number of imidazole rings is 1. The lowest BCUT2D eigenvalue weighted by Crippen LogP contribution is -2.39. The van der Waals surface area contributed by atoms with Crippen molar-refractivity contribution in [2.75, 3.05) is 5.32 Å². The molecule has 0 aliphatic carbocycles. The van der Waals surface area contributed by atoms with Crippen LogP contribution in [-0.2, 0) is 17.5 Å². The Morgan fingerprint density at radius 1 is 0.617 bits per heavy atom. The first kappa shape index (κ1) is 31.2. The second kappa shape index (κ2) is 13.3. The molecule has 0 bridgehead atoms. The van der Waals surface area contributed by atoms with Crippen LogP contribution in [0.2, 0.25) is 0 Å². The minimum atomic E-state index is -0.755. The number of hydrogen-bond acceptors (Lipinski definition) is 3. The maximum atomic E-state index is 13.7. The van der Waals surface area contributed by atoms with Crippen LogP contribution in [-0.4, -0.2) is 21.4 Å². The van der Waals surface area contributed by atoms with Crippen molar-refractivity contribution in [1.82, 2.24) is 14.9 Å². The van der Waals surface area contributed by atoms with Gasteiger partial charge < -0.3 is 15.2 Å². The molecular formula is C41H38N4O2. The fourth-order valence-corrected chi connectivity index (χ4v) is 6.09. The van der Waals surface area contributed by atoms with Crippen LogP contribution < -0.4 is 10.6 Å². The summed E-state index contributed by atoms with van der Waals surface area (Å²) in [6.45, 7) is 6.56. The van der Waals surface area contributed by atoms with Crippen molar-refractivity contribution in [1.29, 1.82) is 0 Å². The molecule has 0 saturated carbocycles. The SMILES string of the molecule is CC(C)(C)c1ccc(C(=O)Nc2ccccc2C(=O)NCc2nccn2C(c2ccccc2)(c2ccccc2)c2ccccc2)cc1. The van der Waals surface area contributed by atoms with E-state index in [1.807, 2.05) is 85.1 Å². The molecule has 5 aromatic carbocycles. The van der Waals surface area contributed by atoms with E-state index in [1.54, 1.807) is 30.5 Å². The predicted octanol–water partition coefficient (Wildman–Crippen LogP) is 8.20. The summed E-state index contributed by atoms with van der Waals surface area (Å²) < 4.78 is 2.14. The Kier molecular flexibility index (Phi) is 8.85. The second-order valence-electron chi connectivity index (χ2n) is 12.5. The fraction of sp³-hybridized carbons (Fsp3) is 0.146. The Morgan fingerprint density at radius 3 is 1.66 bits per heavy atom. The zero-order valence-electron chi connectivity index (χ0n) is 26.9. The van der Waals surface area contributed by atoms with E-state index in [0.717, 1.165) is 22.3 Å². The number of nitrogens with one attached hydrogen (secondary N) is 2. The van der Waals surface area contributed by atoms with E-state index in [4.69, 9.17) is 4.98 Å². The summed E-state index contributed by atoms with van der Waals surface area (Å²) in [5.41, 5.74) is 4.88. The highest BCUT2D eigenvalue weighted by Gasteiger charge is 2.39. The summed E-state index contributed by atoms with van der Waals surface area (Å²) in [5, 5.41) is 6.01. The Morgan fingerprint density at radius 2 is 1.13 bits per heavy atom. The quantitative estimate of drug-likeness (QED) is 0.160. The van der Waals surface area contributed by atoms with Gasteiger partial charge in [-0.25, -0.2) is 4.98 Å². The first-order chi connectivity index (χ1) is 22.8. The third kappa shape index (κ3) is 6.36. The van der Waals surface area contributed by atoms with Gasteiger partial charge in [0, 0.05) is 18.0 Å². The van der Waals surface area contributed by atoms with Crippen LogP contribution in [0.4, 0.5) is 5.69 Å². The van der Waals surface area contributed by atoms with Gasteiger partial charge in [-0.1, -0.05) is 136 Å². The number of benzene rings is 5. The van der Waals surface area contributed by atoms with E-state index in [-0.39, 0.29) is 23.8 Å². The molecule has 0 aliphatic rings. The summed E-state index contributed by atoms with van der Waals surface area (Å²) >= 11 is 0. The lowest BCUT2D eigenvalue weighted by atomic mass is 9.76. The average molecular weight is 619 g/mol. The van der Waals surface area contributed by atoms with Gasteiger partial charge in [0.15, 0.2) is 0 Å². The van der Waals surface area contributed by atoms with Gasteiger partial charge in [0.2, 0.25) is 0 Å². The molecule has 6 aromatic rings. The van der Waals surface area contributed by atoms with E-state index in [9.17, 15) is 9.59 Å². The molecule has 6 heteroatoms. The van der Waals surface area contributed by atoms with Crippen LogP contribution in [0, 0.1) is 0 Å². The lowest BCUT2D eigenvalue weighted by molar-refractivity contribution is 0.0950. The highest BCUT2D eigenvalue weighted by molar-refractivity contribution is 6.09. The predicted molar refractivity (Wildman–Crippen MR) is 188 cm³/mol. The molecule has 47 heavy (non-hydrogen) atoms. The van der Waals surface area contributed by atoms with Crippen LogP contribution in [0.1, 0.15) is 69.6 Å². The van der Waals surface area contributed by atoms with Crippen LogP contribution in [0.3, 0.4) is 0 Å². The molecule has 0 atom stereocenters. The second-order valence-corrected chi connectivity index (χ2v) is 12.5. The van der Waals surface area contributed by atoms with Crippen LogP contribution in [0.15, 0.2) is 152 Å². The molecule has 6 rings (SSSR count). The molecule has 2 N–H and O–H groups in total. The maximum absolute atomic E-state index is 13.7. The van der Waals surface area contributed by atoms with Crippen LogP contribution in [0.5, 0.6) is 0 Å². The number of amides is 2. The number of carbonyl (C=O) groups is 2. The monoisotopic (exact) mass is 618 g/mol. The Hall–Kier alpha value is -5.75. The Balaban J connectivity index is 1.30. The molecule has 2 amide bonds. The number of hydrogen-bond donors (Lipinski definition) is 2. The van der Waals surface area contributed by atoms with Crippen molar-refractivity contribution < 1.29 is 9.59 Å².